The Morgan fingerprint density at radius 3 is 1.19 bits per heavy atom. The molecule has 0 aliphatic heterocycles. The third-order valence-electron chi connectivity index (χ3n) is 4.91. The van der Waals surface area contributed by atoms with Gasteiger partial charge in [-0.15, -0.1) is 0 Å². The Hall–Kier alpha value is -1.12. The van der Waals surface area contributed by atoms with Crippen LogP contribution in [0.1, 0.15) is 33.4 Å². The van der Waals surface area contributed by atoms with Crippen LogP contribution in [0.2, 0.25) is 0 Å². The van der Waals surface area contributed by atoms with Crippen LogP contribution in [0.25, 0.3) is 22.3 Å². The van der Waals surface area contributed by atoms with Crippen LogP contribution < -0.4 is 29.6 Å². The van der Waals surface area contributed by atoms with Crippen molar-refractivity contribution < 1.29 is 29.6 Å². The Bertz CT molecular complexity index is 848. The normalized spacial score (nSPS) is 10.5. The molecule has 0 bridgehead atoms. The maximum Gasteiger partial charge on any atom is 1.00 e. The van der Waals surface area contributed by atoms with Crippen LogP contribution in [0.4, 0.5) is 0 Å². The molecule has 0 saturated heterocycles. The van der Waals surface area contributed by atoms with Crippen LogP contribution in [0.15, 0.2) is 47.4 Å². The van der Waals surface area contributed by atoms with Gasteiger partial charge in [0.1, 0.15) is 0 Å². The fourth-order valence-electron chi connectivity index (χ4n) is 4.14. The van der Waals surface area contributed by atoms with Gasteiger partial charge in [0.15, 0.2) is 0 Å². The van der Waals surface area contributed by atoms with Crippen molar-refractivity contribution in [1.82, 2.24) is 0 Å². The Morgan fingerprint density at radius 2 is 0.885 bits per heavy atom. The molecular weight excluding hydrogens is 343 g/mol. The molecule has 0 saturated carbocycles. The smallest absolute Gasteiger partial charge is 0.779 e. The summed E-state index contributed by atoms with van der Waals surface area (Å²) < 4.78 is 0. The predicted octanol–water partition coefficient (Wildman–Crippen LogP) is 3.78. The summed E-state index contributed by atoms with van der Waals surface area (Å²) in [6, 6.07) is 15.4. The molecule has 0 nitrogen and oxygen atoms in total. The average Bonchev–Trinajstić information content (AvgIpc) is 2.48. The molecule has 0 aliphatic carbocycles. The molecule has 0 aromatic heterocycles. The van der Waals surface area contributed by atoms with Crippen LogP contribution in [0.3, 0.4) is 0 Å². The van der Waals surface area contributed by atoms with Crippen molar-refractivity contribution in [3.05, 3.63) is 75.8 Å². The summed E-state index contributed by atoms with van der Waals surface area (Å²) in [5, 5.41) is 0. The quantitative estimate of drug-likeness (QED) is 0.490. The fourth-order valence-corrected chi connectivity index (χ4v) is 4.48. The van der Waals surface area contributed by atoms with Crippen LogP contribution in [0, 0.1) is 41.5 Å². The van der Waals surface area contributed by atoms with Crippen molar-refractivity contribution in [1.29, 1.82) is 0 Å². The fraction of sp³-hybridized carbons (Fsp3) is 0.250. The SMILES string of the molecule is Cc1cc(C)c(-c2cccc(-c3c(C)cc(C)cc3C)c2[S-])c(C)c1.[Na+]. The first-order valence-corrected chi connectivity index (χ1v) is 9.17. The van der Waals surface area contributed by atoms with Gasteiger partial charge < -0.3 is 12.6 Å². The zero-order chi connectivity index (χ0) is 18.3. The standard InChI is InChI=1S/C24H26S.Na/c1-14-10-16(3)22(17(4)11-14)20-8-7-9-21(24(20)25)23-18(5)12-15(2)13-19(23)6;/h7-13,25H,1-6H3;/q;+1/p-1. The van der Waals surface area contributed by atoms with E-state index in [1.54, 1.807) is 0 Å². The zero-order valence-electron chi connectivity index (χ0n) is 16.9. The predicted molar refractivity (Wildman–Crippen MR) is 111 cm³/mol. The molecule has 26 heavy (non-hydrogen) atoms. The molecule has 0 atom stereocenters. The van der Waals surface area contributed by atoms with E-state index in [1.165, 1.54) is 55.6 Å². The second-order valence-corrected chi connectivity index (χ2v) is 7.64. The second-order valence-electron chi connectivity index (χ2n) is 7.23. The summed E-state index contributed by atoms with van der Waals surface area (Å²) in [5.74, 6) is 0. The maximum atomic E-state index is 5.96. The molecule has 3 aromatic rings. The zero-order valence-corrected chi connectivity index (χ0v) is 19.8. The molecule has 0 radical (unpaired) electrons. The van der Waals surface area contributed by atoms with E-state index < -0.39 is 0 Å². The van der Waals surface area contributed by atoms with Gasteiger partial charge in [-0.3, -0.25) is 0 Å². The number of hydrogen-bond donors (Lipinski definition) is 0. The first-order chi connectivity index (χ1) is 11.8. The van der Waals surface area contributed by atoms with E-state index in [0.29, 0.717) is 0 Å². The largest absolute Gasteiger partial charge is 1.00 e. The Kier molecular flexibility index (Phi) is 6.74. The van der Waals surface area contributed by atoms with Crippen molar-refractivity contribution in [2.45, 2.75) is 46.4 Å². The molecular formula is C24H25NaS. The van der Waals surface area contributed by atoms with E-state index in [4.69, 9.17) is 12.6 Å². The minimum atomic E-state index is 0. The van der Waals surface area contributed by atoms with Crippen molar-refractivity contribution in [3.63, 3.8) is 0 Å². The van der Waals surface area contributed by atoms with E-state index in [9.17, 15) is 0 Å². The summed E-state index contributed by atoms with van der Waals surface area (Å²) in [7, 11) is 0. The summed E-state index contributed by atoms with van der Waals surface area (Å²) in [5.41, 5.74) is 12.6. The average molecular weight is 369 g/mol. The molecule has 0 amide bonds. The molecule has 2 heteroatoms. The summed E-state index contributed by atoms with van der Waals surface area (Å²) in [4.78, 5) is 0.951. The number of rotatable bonds is 2. The van der Waals surface area contributed by atoms with E-state index in [0.717, 1.165) is 4.90 Å². The maximum absolute atomic E-state index is 5.96. The Labute approximate surface area is 185 Å². The third kappa shape index (κ3) is 3.92. The Morgan fingerprint density at radius 1 is 0.577 bits per heavy atom. The molecule has 0 heterocycles. The van der Waals surface area contributed by atoms with Gasteiger partial charge in [-0.05, 0) is 86.1 Å². The molecule has 0 N–H and O–H groups in total. The van der Waals surface area contributed by atoms with Crippen LogP contribution in [-0.4, -0.2) is 0 Å². The van der Waals surface area contributed by atoms with Gasteiger partial charge in [0.2, 0.25) is 0 Å². The van der Waals surface area contributed by atoms with Gasteiger partial charge in [-0.25, -0.2) is 0 Å². The van der Waals surface area contributed by atoms with Gasteiger partial charge in [0, 0.05) is 0 Å². The van der Waals surface area contributed by atoms with Gasteiger partial charge >= 0.3 is 29.6 Å². The van der Waals surface area contributed by atoms with Crippen molar-refractivity contribution >= 4 is 12.6 Å². The van der Waals surface area contributed by atoms with Crippen molar-refractivity contribution in [2.24, 2.45) is 0 Å². The Balaban J connectivity index is 0.00000243. The molecule has 0 fully saturated rings. The van der Waals surface area contributed by atoms with E-state index >= 15 is 0 Å². The topological polar surface area (TPSA) is 0 Å². The molecule has 128 valence electrons. The summed E-state index contributed by atoms with van der Waals surface area (Å²) >= 11 is 5.96. The van der Waals surface area contributed by atoms with Gasteiger partial charge in [-0.1, -0.05) is 53.6 Å². The number of hydrogen-bond acceptors (Lipinski definition) is 1. The minimum Gasteiger partial charge on any atom is -0.779 e. The number of aryl methyl sites for hydroxylation is 6. The summed E-state index contributed by atoms with van der Waals surface area (Å²) in [6.07, 6.45) is 0. The first kappa shape index (κ1) is 21.2. The molecule has 3 rings (SSSR count). The van der Waals surface area contributed by atoms with E-state index in [2.05, 4.69) is 84.0 Å². The minimum absolute atomic E-state index is 0. The van der Waals surface area contributed by atoms with Gasteiger partial charge in [0.25, 0.3) is 0 Å². The van der Waals surface area contributed by atoms with E-state index in [1.807, 2.05) is 0 Å². The molecule has 0 aliphatic rings. The monoisotopic (exact) mass is 368 g/mol. The second kappa shape index (κ2) is 8.27. The molecule has 0 spiro atoms. The first-order valence-electron chi connectivity index (χ1n) is 8.76. The molecule has 3 aromatic carbocycles. The summed E-state index contributed by atoms with van der Waals surface area (Å²) in [6.45, 7) is 13.0. The van der Waals surface area contributed by atoms with E-state index in [-0.39, 0.29) is 29.6 Å². The van der Waals surface area contributed by atoms with Gasteiger partial charge in [0.05, 0.1) is 0 Å². The van der Waals surface area contributed by atoms with Gasteiger partial charge in [-0.2, -0.15) is 4.90 Å². The van der Waals surface area contributed by atoms with Crippen LogP contribution in [0.5, 0.6) is 0 Å². The number of benzene rings is 3. The van der Waals surface area contributed by atoms with Crippen LogP contribution >= 0.6 is 0 Å². The third-order valence-corrected chi connectivity index (χ3v) is 5.35. The molecule has 0 unspecified atom stereocenters. The van der Waals surface area contributed by atoms with Crippen LogP contribution in [-0.2, 0) is 12.6 Å². The van der Waals surface area contributed by atoms with Crippen molar-refractivity contribution in [3.8, 4) is 22.3 Å². The van der Waals surface area contributed by atoms with Crippen molar-refractivity contribution in [2.75, 3.05) is 0 Å².